The molecule has 3 aromatic carbocycles. The van der Waals surface area contributed by atoms with Gasteiger partial charge in [0.15, 0.2) is 0 Å². The Bertz CT molecular complexity index is 1280. The molecule has 11 heteroatoms. The van der Waals surface area contributed by atoms with Gasteiger partial charge in [-0.25, -0.2) is 4.79 Å². The van der Waals surface area contributed by atoms with Crippen LogP contribution in [0.5, 0.6) is 11.5 Å². The van der Waals surface area contributed by atoms with Crippen LogP contribution in [0.2, 0.25) is 0 Å². The minimum atomic E-state index is -5.80. The molecule has 6 nitrogen and oxygen atoms in total. The number of fused-ring (bicyclic) bond motifs is 1. The molecule has 3 aromatic rings. The summed E-state index contributed by atoms with van der Waals surface area (Å²) in [5.74, 6) is -4.00. The van der Waals surface area contributed by atoms with Gasteiger partial charge in [-0.2, -0.15) is 22.0 Å². The van der Waals surface area contributed by atoms with E-state index >= 15 is 0 Å². The highest BCUT2D eigenvalue weighted by atomic mass is 19.4. The topological polar surface area (TPSA) is 68.8 Å². The summed E-state index contributed by atoms with van der Waals surface area (Å²) in [7, 11) is 1.20. The molecule has 1 fully saturated rings. The lowest BCUT2D eigenvalue weighted by Crippen LogP contribution is -2.33. The molecule has 1 aliphatic heterocycles. The number of carbonyl (C=O) groups excluding carboxylic acids is 1. The molecule has 2 N–H and O–H groups in total. The number of hydrogen-bond acceptors (Lipinski definition) is 4. The fourth-order valence-electron chi connectivity index (χ4n) is 4.32. The number of rotatable bonds is 8. The maximum atomic E-state index is 13.9. The lowest BCUT2D eigenvalue weighted by molar-refractivity contribution is -0.289. The van der Waals surface area contributed by atoms with Gasteiger partial charge in [0.05, 0.1) is 25.1 Å². The summed E-state index contributed by atoms with van der Waals surface area (Å²) in [6, 6.07) is 11.8. The monoisotopic (exact) mass is 538 g/mol. The number of nitrogens with one attached hydrogen (secondary N) is 2. The molecule has 0 unspecified atom stereocenters. The van der Waals surface area contributed by atoms with Crippen molar-refractivity contribution in [1.29, 1.82) is 0 Å². The van der Waals surface area contributed by atoms with Crippen LogP contribution < -0.4 is 20.1 Å². The highest BCUT2D eigenvalue weighted by Crippen LogP contribution is 2.45. The predicted molar refractivity (Wildman–Crippen MR) is 133 cm³/mol. The molecular weight excluding hydrogens is 511 g/mol. The van der Waals surface area contributed by atoms with Crippen molar-refractivity contribution in [2.75, 3.05) is 37.6 Å². The zero-order chi connectivity index (χ0) is 27.3. The number of urea groups is 1. The van der Waals surface area contributed by atoms with Gasteiger partial charge in [-0.05, 0) is 55.5 Å². The van der Waals surface area contributed by atoms with Gasteiger partial charge in [0.2, 0.25) is 0 Å². The van der Waals surface area contributed by atoms with Gasteiger partial charge in [0, 0.05) is 29.5 Å². The Morgan fingerprint density at radius 2 is 1.58 bits per heavy atom. The van der Waals surface area contributed by atoms with Crippen LogP contribution in [0.3, 0.4) is 0 Å². The lowest BCUT2D eigenvalue weighted by Gasteiger charge is -2.22. The van der Waals surface area contributed by atoms with E-state index in [4.69, 9.17) is 14.2 Å². The number of alkyl halides is 5. The van der Waals surface area contributed by atoms with Crippen LogP contribution >= 0.6 is 0 Å². The Balaban J connectivity index is 1.50. The van der Waals surface area contributed by atoms with Crippen LogP contribution in [0, 0.1) is 5.92 Å². The van der Waals surface area contributed by atoms with Gasteiger partial charge in [-0.1, -0.05) is 24.3 Å². The largest absolute Gasteiger partial charge is 0.495 e. The summed E-state index contributed by atoms with van der Waals surface area (Å²) in [6.07, 6.45) is -2.89. The molecule has 0 radical (unpaired) electrons. The number of benzene rings is 3. The number of hydrogen-bond donors (Lipinski definition) is 2. The van der Waals surface area contributed by atoms with Crippen molar-refractivity contribution >= 4 is 28.2 Å². The first-order chi connectivity index (χ1) is 18.1. The summed E-state index contributed by atoms with van der Waals surface area (Å²) in [5.41, 5.74) is -1.27. The molecule has 0 atom stereocenters. The van der Waals surface area contributed by atoms with Crippen LogP contribution in [0.4, 0.5) is 38.1 Å². The molecule has 1 saturated heterocycles. The average Bonchev–Trinajstić information content (AvgIpc) is 2.89. The van der Waals surface area contributed by atoms with Crippen LogP contribution in [-0.2, 0) is 10.7 Å². The second-order valence-electron chi connectivity index (χ2n) is 8.92. The van der Waals surface area contributed by atoms with Crippen molar-refractivity contribution < 1.29 is 41.0 Å². The molecule has 0 aromatic heterocycles. The highest BCUT2D eigenvalue weighted by Gasteiger charge is 2.58. The van der Waals surface area contributed by atoms with E-state index in [0.29, 0.717) is 41.5 Å². The first-order valence-electron chi connectivity index (χ1n) is 12.0. The average molecular weight is 539 g/mol. The van der Waals surface area contributed by atoms with Crippen LogP contribution in [0.25, 0.3) is 10.8 Å². The van der Waals surface area contributed by atoms with Gasteiger partial charge < -0.3 is 24.8 Å². The van der Waals surface area contributed by atoms with Crippen molar-refractivity contribution in [3.63, 3.8) is 0 Å². The SMILES string of the molecule is COc1ccc(C(F)(F)C(F)(F)F)cc1NC(=O)Nc1ccc(OCCC2CCOCC2)c2ccccc12. The second kappa shape index (κ2) is 11.4. The molecule has 4 rings (SSSR count). The van der Waals surface area contributed by atoms with Gasteiger partial charge in [0.1, 0.15) is 11.5 Å². The molecule has 1 aliphatic rings. The molecule has 2 amide bonds. The standard InChI is InChI=1S/C27H27F5N2O4/c1-36-24-8-6-18(26(28,29)27(30,31)32)16-22(24)34-25(35)33-21-7-9-23(20-5-3-2-4-19(20)21)38-15-12-17-10-13-37-14-11-17/h2-9,16-17H,10-15H2,1H3,(H2,33,34,35). The first-order valence-corrected chi connectivity index (χ1v) is 12.0. The number of amides is 2. The zero-order valence-electron chi connectivity index (χ0n) is 20.5. The van der Waals surface area contributed by atoms with E-state index in [1.54, 1.807) is 24.3 Å². The van der Waals surface area contributed by atoms with E-state index < -0.39 is 23.7 Å². The zero-order valence-corrected chi connectivity index (χ0v) is 20.5. The van der Waals surface area contributed by atoms with E-state index in [2.05, 4.69) is 10.6 Å². The third-order valence-corrected chi connectivity index (χ3v) is 6.42. The fourth-order valence-corrected chi connectivity index (χ4v) is 4.32. The van der Waals surface area contributed by atoms with Crippen LogP contribution in [0.15, 0.2) is 54.6 Å². The summed E-state index contributed by atoms with van der Waals surface area (Å²) in [6.45, 7) is 2.05. The summed E-state index contributed by atoms with van der Waals surface area (Å²) in [5, 5.41) is 6.34. The smallest absolute Gasteiger partial charge is 0.458 e. The van der Waals surface area contributed by atoms with Gasteiger partial charge in [0.25, 0.3) is 0 Å². The van der Waals surface area contributed by atoms with E-state index in [1.165, 1.54) is 7.11 Å². The van der Waals surface area contributed by atoms with Gasteiger partial charge in [-0.3, -0.25) is 0 Å². The Morgan fingerprint density at radius 3 is 2.26 bits per heavy atom. The fraction of sp³-hybridized carbons (Fsp3) is 0.370. The van der Waals surface area contributed by atoms with Crippen molar-refractivity contribution in [3.8, 4) is 11.5 Å². The number of methoxy groups -OCH3 is 1. The Hall–Kier alpha value is -3.60. The van der Waals surface area contributed by atoms with E-state index in [-0.39, 0.29) is 11.4 Å². The Labute approximate surface area is 216 Å². The summed E-state index contributed by atoms with van der Waals surface area (Å²) >= 11 is 0. The summed E-state index contributed by atoms with van der Waals surface area (Å²) in [4.78, 5) is 12.8. The predicted octanol–water partition coefficient (Wildman–Crippen LogP) is 7.34. The summed E-state index contributed by atoms with van der Waals surface area (Å²) < 4.78 is 82.7. The second-order valence-corrected chi connectivity index (χ2v) is 8.92. The van der Waals surface area contributed by atoms with Crippen LogP contribution in [-0.4, -0.2) is 39.1 Å². The van der Waals surface area contributed by atoms with E-state index in [1.807, 2.05) is 12.1 Å². The first kappa shape index (κ1) is 27.4. The van der Waals surface area contributed by atoms with Crippen molar-refractivity contribution in [2.24, 2.45) is 5.92 Å². The normalized spacial score (nSPS) is 14.8. The third-order valence-electron chi connectivity index (χ3n) is 6.42. The van der Waals surface area contributed by atoms with Gasteiger partial charge in [-0.15, -0.1) is 0 Å². The molecule has 0 saturated carbocycles. The lowest BCUT2D eigenvalue weighted by atomic mass is 9.97. The van der Waals surface area contributed by atoms with Crippen molar-refractivity contribution in [1.82, 2.24) is 0 Å². The Kier molecular flexibility index (Phi) is 8.25. The molecule has 204 valence electrons. The van der Waals surface area contributed by atoms with Crippen LogP contribution in [0.1, 0.15) is 24.8 Å². The van der Waals surface area contributed by atoms with E-state index in [0.717, 1.165) is 43.9 Å². The molecular formula is C27H27F5N2O4. The molecule has 0 spiro atoms. The maximum Gasteiger partial charge on any atom is 0.458 e. The third kappa shape index (κ3) is 6.09. The minimum absolute atomic E-state index is 0.0833. The van der Waals surface area contributed by atoms with Gasteiger partial charge >= 0.3 is 18.1 Å². The maximum absolute atomic E-state index is 13.9. The quantitative estimate of drug-likeness (QED) is 0.295. The Morgan fingerprint density at radius 1 is 0.921 bits per heavy atom. The minimum Gasteiger partial charge on any atom is -0.495 e. The molecule has 0 bridgehead atoms. The molecule has 1 heterocycles. The van der Waals surface area contributed by atoms with E-state index in [9.17, 15) is 26.7 Å². The molecule has 38 heavy (non-hydrogen) atoms. The number of carbonyl (C=O) groups is 1. The highest BCUT2D eigenvalue weighted by molar-refractivity contribution is 6.08. The number of ether oxygens (including phenoxy) is 3. The number of anilines is 2. The van der Waals surface area contributed by atoms with Crippen molar-refractivity contribution in [2.45, 2.75) is 31.4 Å². The number of halogens is 5. The van der Waals surface area contributed by atoms with Crippen molar-refractivity contribution in [3.05, 3.63) is 60.2 Å². The molecule has 0 aliphatic carbocycles.